The first-order valence-electron chi connectivity index (χ1n) is 15.2. The average molecular weight is 592 g/mol. The monoisotopic (exact) mass is 591 g/mol. The first kappa shape index (κ1) is 24.7. The van der Waals surface area contributed by atoms with Gasteiger partial charge in [0.15, 0.2) is 0 Å². The molecule has 10 rings (SSSR count). The molecule has 0 atom stereocenters. The number of para-hydroxylation sites is 2. The molecule has 10 aromatic rings. The fourth-order valence-electron chi connectivity index (χ4n) is 7.21. The number of thiophene rings is 1. The van der Waals surface area contributed by atoms with Crippen LogP contribution in [0, 0.1) is 0 Å². The highest BCUT2D eigenvalue weighted by Crippen LogP contribution is 2.43. The molecule has 0 aliphatic heterocycles. The Kier molecular flexibility index (Phi) is 5.16. The highest BCUT2D eigenvalue weighted by atomic mass is 32.1. The van der Waals surface area contributed by atoms with Crippen molar-refractivity contribution in [2.75, 3.05) is 0 Å². The zero-order valence-electron chi connectivity index (χ0n) is 24.2. The molecule has 4 heteroatoms. The topological polar surface area (TPSA) is 22.8 Å². The Balaban J connectivity index is 1.30. The smallest absolute Gasteiger partial charge is 0.138 e. The molecule has 0 bridgehead atoms. The van der Waals surface area contributed by atoms with E-state index >= 15 is 0 Å². The molecule has 0 aliphatic carbocycles. The van der Waals surface area contributed by atoms with Gasteiger partial charge in [0.1, 0.15) is 5.82 Å². The van der Waals surface area contributed by atoms with Crippen molar-refractivity contribution in [3.8, 4) is 22.8 Å². The Morgan fingerprint density at radius 1 is 0.422 bits per heavy atom. The predicted molar refractivity (Wildman–Crippen MR) is 191 cm³/mol. The van der Waals surface area contributed by atoms with Crippen molar-refractivity contribution in [1.82, 2.24) is 14.1 Å². The SMILES string of the molecule is c1ccc(-c2cccc(-n3c4ccccc4c4c5c6ccccc6n(-c6ccc7sc8ccccc8c7c6)c5ccc43)n2)cc1. The van der Waals surface area contributed by atoms with Crippen LogP contribution in [0.25, 0.3) is 86.5 Å². The molecule has 0 spiro atoms. The summed E-state index contributed by atoms with van der Waals surface area (Å²) in [5, 5.41) is 7.63. The molecule has 0 N–H and O–H groups in total. The third kappa shape index (κ3) is 3.54. The molecule has 4 aromatic heterocycles. The van der Waals surface area contributed by atoms with Crippen molar-refractivity contribution in [1.29, 1.82) is 0 Å². The maximum atomic E-state index is 5.19. The summed E-state index contributed by atoms with van der Waals surface area (Å²) < 4.78 is 7.41. The molecule has 4 heterocycles. The lowest BCUT2D eigenvalue weighted by Crippen LogP contribution is -1.98. The van der Waals surface area contributed by atoms with Gasteiger partial charge in [-0.15, -0.1) is 11.3 Å². The second kappa shape index (κ2) is 9.39. The quantitative estimate of drug-likeness (QED) is 0.200. The van der Waals surface area contributed by atoms with Gasteiger partial charge in [0.05, 0.1) is 27.8 Å². The molecule has 45 heavy (non-hydrogen) atoms. The summed E-state index contributed by atoms with van der Waals surface area (Å²) in [6, 6.07) is 54.5. The van der Waals surface area contributed by atoms with Gasteiger partial charge in [-0.05, 0) is 60.7 Å². The van der Waals surface area contributed by atoms with Crippen molar-refractivity contribution >= 4 is 75.1 Å². The Morgan fingerprint density at radius 2 is 1.04 bits per heavy atom. The summed E-state index contributed by atoms with van der Waals surface area (Å²) in [5.74, 6) is 0.917. The lowest BCUT2D eigenvalue weighted by molar-refractivity contribution is 1.08. The summed E-state index contributed by atoms with van der Waals surface area (Å²) in [5.41, 5.74) is 7.98. The van der Waals surface area contributed by atoms with Crippen LogP contribution in [0.4, 0.5) is 0 Å². The summed E-state index contributed by atoms with van der Waals surface area (Å²) in [7, 11) is 0. The zero-order valence-corrected chi connectivity index (χ0v) is 25.0. The van der Waals surface area contributed by atoms with Crippen LogP contribution in [-0.4, -0.2) is 14.1 Å². The third-order valence-corrected chi connectivity index (χ3v) is 10.3. The zero-order chi connectivity index (χ0) is 29.5. The maximum Gasteiger partial charge on any atom is 0.138 e. The van der Waals surface area contributed by atoms with Crippen molar-refractivity contribution in [3.63, 3.8) is 0 Å². The van der Waals surface area contributed by atoms with E-state index in [0.717, 1.165) is 28.1 Å². The number of rotatable bonds is 3. The first-order chi connectivity index (χ1) is 22.3. The van der Waals surface area contributed by atoms with Crippen molar-refractivity contribution in [2.45, 2.75) is 0 Å². The van der Waals surface area contributed by atoms with Gasteiger partial charge < -0.3 is 4.57 Å². The summed E-state index contributed by atoms with van der Waals surface area (Å²) in [4.78, 5) is 5.19. The number of hydrogen-bond acceptors (Lipinski definition) is 2. The number of hydrogen-bond donors (Lipinski definition) is 0. The molecular formula is C41H25N3S. The first-order valence-corrected chi connectivity index (χ1v) is 16.0. The van der Waals surface area contributed by atoms with E-state index in [-0.39, 0.29) is 0 Å². The van der Waals surface area contributed by atoms with Crippen LogP contribution in [0.2, 0.25) is 0 Å². The Labute approximate surface area is 262 Å². The summed E-state index contributed by atoms with van der Waals surface area (Å²) in [6.45, 7) is 0. The maximum absolute atomic E-state index is 5.19. The van der Waals surface area contributed by atoms with Gasteiger partial charge in [0.25, 0.3) is 0 Å². The number of benzene rings is 6. The standard InChI is InChI=1S/C41H25N3S/c1-2-11-26(12-3-1)32-16-10-20-39(42-32)44-34-18-8-5-15-30(34)41-36(44)23-22-35-40(41)29-14-4-7-17-33(29)43(35)27-21-24-38-31(25-27)28-13-6-9-19-37(28)45-38/h1-25H. The minimum atomic E-state index is 0.917. The molecule has 0 radical (unpaired) electrons. The van der Waals surface area contributed by atoms with E-state index in [1.54, 1.807) is 0 Å². The highest BCUT2D eigenvalue weighted by Gasteiger charge is 2.21. The largest absolute Gasteiger partial charge is 0.309 e. The third-order valence-electron chi connectivity index (χ3n) is 9.12. The molecule has 0 aliphatic rings. The van der Waals surface area contributed by atoms with Crippen LogP contribution >= 0.6 is 11.3 Å². The van der Waals surface area contributed by atoms with Crippen LogP contribution in [0.5, 0.6) is 0 Å². The number of fused-ring (bicyclic) bond motifs is 10. The molecule has 210 valence electrons. The molecule has 0 fully saturated rings. The van der Waals surface area contributed by atoms with Crippen LogP contribution in [0.15, 0.2) is 152 Å². The van der Waals surface area contributed by atoms with E-state index in [2.05, 4.69) is 155 Å². The van der Waals surface area contributed by atoms with E-state index in [0.29, 0.717) is 0 Å². The van der Waals surface area contributed by atoms with E-state index in [1.807, 2.05) is 17.4 Å². The van der Waals surface area contributed by atoms with Gasteiger partial charge >= 0.3 is 0 Å². The molecule has 0 unspecified atom stereocenters. The van der Waals surface area contributed by atoms with Crippen molar-refractivity contribution in [3.05, 3.63) is 152 Å². The van der Waals surface area contributed by atoms with Crippen LogP contribution in [0.3, 0.4) is 0 Å². The van der Waals surface area contributed by atoms with Gasteiger partial charge in [0, 0.05) is 53.0 Å². The number of pyridine rings is 1. The summed E-state index contributed by atoms with van der Waals surface area (Å²) >= 11 is 1.86. The van der Waals surface area contributed by atoms with Crippen molar-refractivity contribution in [2.24, 2.45) is 0 Å². The fraction of sp³-hybridized carbons (Fsp3) is 0. The van der Waals surface area contributed by atoms with Gasteiger partial charge in [-0.3, -0.25) is 4.57 Å². The predicted octanol–water partition coefficient (Wildman–Crippen LogP) is 11.3. The van der Waals surface area contributed by atoms with Gasteiger partial charge in [-0.2, -0.15) is 0 Å². The number of aromatic nitrogens is 3. The Hall–Kier alpha value is -5.71. The van der Waals surface area contributed by atoms with E-state index in [4.69, 9.17) is 4.98 Å². The number of nitrogens with zero attached hydrogens (tertiary/aromatic N) is 3. The minimum absolute atomic E-state index is 0.917. The molecule has 3 nitrogen and oxygen atoms in total. The second-order valence-corrected chi connectivity index (χ2v) is 12.7. The average Bonchev–Trinajstić information content (AvgIpc) is 3.76. The van der Waals surface area contributed by atoms with Crippen LogP contribution < -0.4 is 0 Å². The van der Waals surface area contributed by atoms with Crippen molar-refractivity contribution < 1.29 is 0 Å². The van der Waals surface area contributed by atoms with Gasteiger partial charge in [-0.25, -0.2) is 4.98 Å². The Morgan fingerprint density at radius 3 is 1.82 bits per heavy atom. The van der Waals surface area contributed by atoms with Gasteiger partial charge in [-0.1, -0.05) is 91.0 Å². The highest BCUT2D eigenvalue weighted by molar-refractivity contribution is 7.25. The molecule has 6 aromatic carbocycles. The van der Waals surface area contributed by atoms with Crippen LogP contribution in [-0.2, 0) is 0 Å². The summed E-state index contributed by atoms with van der Waals surface area (Å²) in [6.07, 6.45) is 0. The molecular weight excluding hydrogens is 567 g/mol. The van der Waals surface area contributed by atoms with Gasteiger partial charge in [0.2, 0.25) is 0 Å². The Bertz CT molecular complexity index is 2760. The van der Waals surface area contributed by atoms with Crippen LogP contribution in [0.1, 0.15) is 0 Å². The lowest BCUT2D eigenvalue weighted by Gasteiger charge is -2.10. The molecule has 0 saturated heterocycles. The normalized spacial score (nSPS) is 12.0. The van der Waals surface area contributed by atoms with E-state index in [1.165, 1.54) is 58.4 Å². The van der Waals surface area contributed by atoms with E-state index < -0.39 is 0 Å². The molecule has 0 amide bonds. The second-order valence-electron chi connectivity index (χ2n) is 11.6. The minimum Gasteiger partial charge on any atom is -0.309 e. The fourth-order valence-corrected chi connectivity index (χ4v) is 8.30. The molecule has 0 saturated carbocycles. The van der Waals surface area contributed by atoms with E-state index in [9.17, 15) is 0 Å². The lowest BCUT2D eigenvalue weighted by atomic mass is 10.1.